The van der Waals surface area contributed by atoms with Crippen LogP contribution in [0.4, 0.5) is 0 Å². The number of aromatic nitrogens is 1. The van der Waals surface area contributed by atoms with E-state index in [9.17, 15) is 5.11 Å². The molecule has 0 bridgehead atoms. The van der Waals surface area contributed by atoms with Crippen LogP contribution in [0.1, 0.15) is 5.56 Å². The van der Waals surface area contributed by atoms with Crippen molar-refractivity contribution in [2.24, 2.45) is 0 Å². The fourth-order valence-electron chi connectivity index (χ4n) is 1.14. The van der Waals surface area contributed by atoms with Gasteiger partial charge in [-0.2, -0.15) is 0 Å². The van der Waals surface area contributed by atoms with Crippen LogP contribution in [0, 0.1) is 0 Å². The van der Waals surface area contributed by atoms with E-state index in [-0.39, 0.29) is 0 Å². The first-order valence-electron chi connectivity index (χ1n) is 4.47. The van der Waals surface area contributed by atoms with Gasteiger partial charge in [-0.05, 0) is 20.2 Å². The summed E-state index contributed by atoms with van der Waals surface area (Å²) in [5.74, 6) is 0.577. The Labute approximate surface area is 84.1 Å². The summed E-state index contributed by atoms with van der Waals surface area (Å²) in [5, 5.41) is 9.64. The number of hydrogen-bond acceptors (Lipinski definition) is 4. The Kier molecular flexibility index (Phi) is 3.85. The van der Waals surface area contributed by atoms with Crippen LogP contribution in [0.25, 0.3) is 0 Å². The van der Waals surface area contributed by atoms with Crippen molar-refractivity contribution in [1.82, 2.24) is 9.88 Å². The van der Waals surface area contributed by atoms with Gasteiger partial charge in [-0.3, -0.25) is 4.90 Å². The highest BCUT2D eigenvalue weighted by atomic mass is 16.5. The summed E-state index contributed by atoms with van der Waals surface area (Å²) in [5.41, 5.74) is 0.913. The number of rotatable bonds is 4. The summed E-state index contributed by atoms with van der Waals surface area (Å²) >= 11 is 0. The zero-order chi connectivity index (χ0) is 10.6. The Morgan fingerprint density at radius 2 is 2.29 bits per heavy atom. The molecule has 0 spiro atoms. The van der Waals surface area contributed by atoms with Crippen LogP contribution < -0.4 is 4.74 Å². The standard InChI is InChI=1S/C10H16N2O2/c1-12(2)9(13)7-8-5-4-6-11-10(8)14-3/h4-6,9,13H,7H2,1-3H3. The van der Waals surface area contributed by atoms with Gasteiger partial charge in [0.15, 0.2) is 0 Å². The number of aliphatic hydroxyl groups is 1. The van der Waals surface area contributed by atoms with Gasteiger partial charge in [-0.15, -0.1) is 0 Å². The smallest absolute Gasteiger partial charge is 0.216 e. The van der Waals surface area contributed by atoms with E-state index < -0.39 is 6.23 Å². The zero-order valence-electron chi connectivity index (χ0n) is 8.77. The molecule has 1 unspecified atom stereocenters. The fourth-order valence-corrected chi connectivity index (χ4v) is 1.14. The van der Waals surface area contributed by atoms with Crippen molar-refractivity contribution < 1.29 is 9.84 Å². The van der Waals surface area contributed by atoms with E-state index in [0.717, 1.165) is 5.56 Å². The lowest BCUT2D eigenvalue weighted by Crippen LogP contribution is -2.29. The maximum atomic E-state index is 9.64. The first-order valence-corrected chi connectivity index (χ1v) is 4.47. The molecular formula is C10H16N2O2. The molecule has 0 aliphatic rings. The van der Waals surface area contributed by atoms with Crippen LogP contribution in [-0.4, -0.2) is 42.4 Å². The Bertz CT molecular complexity index is 289. The van der Waals surface area contributed by atoms with Crippen molar-refractivity contribution in [2.45, 2.75) is 12.6 Å². The van der Waals surface area contributed by atoms with Crippen LogP contribution in [0.3, 0.4) is 0 Å². The second-order valence-corrected chi connectivity index (χ2v) is 3.32. The Morgan fingerprint density at radius 3 is 2.86 bits per heavy atom. The lowest BCUT2D eigenvalue weighted by Gasteiger charge is -2.18. The number of methoxy groups -OCH3 is 1. The summed E-state index contributed by atoms with van der Waals surface area (Å²) in [6.45, 7) is 0. The number of pyridine rings is 1. The average Bonchev–Trinajstić information content (AvgIpc) is 2.18. The average molecular weight is 196 g/mol. The number of nitrogens with zero attached hydrogens (tertiary/aromatic N) is 2. The second kappa shape index (κ2) is 4.93. The molecular weight excluding hydrogens is 180 g/mol. The van der Waals surface area contributed by atoms with E-state index >= 15 is 0 Å². The predicted molar refractivity (Wildman–Crippen MR) is 54.2 cm³/mol. The molecule has 4 nitrogen and oxygen atoms in total. The Hall–Kier alpha value is -1.13. The SMILES string of the molecule is COc1ncccc1CC(O)N(C)C. The van der Waals surface area contributed by atoms with Gasteiger partial charge >= 0.3 is 0 Å². The Morgan fingerprint density at radius 1 is 1.57 bits per heavy atom. The van der Waals surface area contributed by atoms with E-state index in [4.69, 9.17) is 4.74 Å². The van der Waals surface area contributed by atoms with Crippen molar-refractivity contribution in [3.05, 3.63) is 23.9 Å². The van der Waals surface area contributed by atoms with Crippen LogP contribution in [0.5, 0.6) is 5.88 Å². The number of likely N-dealkylation sites (N-methyl/N-ethyl adjacent to an activating group) is 1. The van der Waals surface area contributed by atoms with Crippen molar-refractivity contribution >= 4 is 0 Å². The van der Waals surface area contributed by atoms with Gasteiger partial charge in [0, 0.05) is 18.2 Å². The minimum absolute atomic E-state index is 0.506. The topological polar surface area (TPSA) is 45.6 Å². The normalized spacial score (nSPS) is 12.9. The van der Waals surface area contributed by atoms with Gasteiger partial charge in [0.1, 0.15) is 6.23 Å². The third-order valence-electron chi connectivity index (χ3n) is 2.04. The number of ether oxygens (including phenoxy) is 1. The van der Waals surface area contributed by atoms with Crippen LogP contribution in [-0.2, 0) is 6.42 Å². The minimum Gasteiger partial charge on any atom is -0.481 e. The molecule has 0 amide bonds. The summed E-state index contributed by atoms with van der Waals surface area (Å²) < 4.78 is 5.09. The quantitative estimate of drug-likeness (QED) is 0.713. The summed E-state index contributed by atoms with van der Waals surface area (Å²) in [7, 11) is 5.23. The van der Waals surface area contributed by atoms with Crippen molar-refractivity contribution in [2.75, 3.05) is 21.2 Å². The van der Waals surface area contributed by atoms with Crippen LogP contribution >= 0.6 is 0 Å². The van der Waals surface area contributed by atoms with Gasteiger partial charge in [0.05, 0.1) is 7.11 Å². The minimum atomic E-state index is -0.506. The largest absolute Gasteiger partial charge is 0.481 e. The third kappa shape index (κ3) is 2.68. The van der Waals surface area contributed by atoms with E-state index in [1.807, 2.05) is 26.2 Å². The van der Waals surface area contributed by atoms with Crippen molar-refractivity contribution in [3.8, 4) is 5.88 Å². The summed E-state index contributed by atoms with van der Waals surface area (Å²) in [4.78, 5) is 5.80. The van der Waals surface area contributed by atoms with Gasteiger partial charge in [-0.25, -0.2) is 4.98 Å². The van der Waals surface area contributed by atoms with E-state index in [1.54, 1.807) is 18.2 Å². The third-order valence-corrected chi connectivity index (χ3v) is 2.04. The predicted octanol–water partition coefficient (Wildman–Crippen LogP) is 0.513. The lowest BCUT2D eigenvalue weighted by molar-refractivity contribution is 0.0407. The molecule has 1 rings (SSSR count). The first-order chi connectivity index (χ1) is 6.65. The van der Waals surface area contributed by atoms with E-state index in [1.165, 1.54) is 0 Å². The summed E-state index contributed by atoms with van der Waals surface area (Å²) in [6, 6.07) is 3.73. The molecule has 4 heteroatoms. The molecule has 1 aromatic heterocycles. The molecule has 1 aromatic rings. The molecule has 0 radical (unpaired) electrons. The first kappa shape index (κ1) is 10.9. The lowest BCUT2D eigenvalue weighted by atomic mass is 10.2. The molecule has 1 heterocycles. The highest BCUT2D eigenvalue weighted by Crippen LogP contribution is 2.15. The fraction of sp³-hybridized carbons (Fsp3) is 0.500. The van der Waals surface area contributed by atoms with Gasteiger partial charge in [0.2, 0.25) is 5.88 Å². The molecule has 1 N–H and O–H groups in total. The highest BCUT2D eigenvalue weighted by molar-refractivity contribution is 5.25. The van der Waals surface area contributed by atoms with Crippen molar-refractivity contribution in [1.29, 1.82) is 0 Å². The second-order valence-electron chi connectivity index (χ2n) is 3.32. The molecule has 0 saturated carbocycles. The van der Waals surface area contributed by atoms with E-state index in [2.05, 4.69) is 4.98 Å². The monoisotopic (exact) mass is 196 g/mol. The molecule has 0 fully saturated rings. The number of aliphatic hydroxyl groups excluding tert-OH is 1. The molecule has 78 valence electrons. The van der Waals surface area contributed by atoms with E-state index in [0.29, 0.717) is 12.3 Å². The van der Waals surface area contributed by atoms with Gasteiger partial charge < -0.3 is 9.84 Å². The van der Waals surface area contributed by atoms with Gasteiger partial charge in [0.25, 0.3) is 0 Å². The Balaban J connectivity index is 2.75. The van der Waals surface area contributed by atoms with Gasteiger partial charge in [-0.1, -0.05) is 6.07 Å². The van der Waals surface area contributed by atoms with Crippen molar-refractivity contribution in [3.63, 3.8) is 0 Å². The molecule has 0 aliphatic carbocycles. The molecule has 14 heavy (non-hydrogen) atoms. The highest BCUT2D eigenvalue weighted by Gasteiger charge is 2.11. The summed E-state index contributed by atoms with van der Waals surface area (Å²) in [6.07, 6.45) is 1.68. The maximum Gasteiger partial charge on any atom is 0.216 e. The van der Waals surface area contributed by atoms with Crippen LogP contribution in [0.15, 0.2) is 18.3 Å². The zero-order valence-corrected chi connectivity index (χ0v) is 8.77. The molecule has 0 aromatic carbocycles. The van der Waals surface area contributed by atoms with Crippen LogP contribution in [0.2, 0.25) is 0 Å². The molecule has 0 aliphatic heterocycles. The maximum absolute atomic E-state index is 9.64. The molecule has 0 saturated heterocycles. The molecule has 1 atom stereocenters. The number of hydrogen-bond donors (Lipinski definition) is 1.